The topological polar surface area (TPSA) is 88.3 Å². The number of nitrogens with zero attached hydrogens (tertiary/aromatic N) is 3. The van der Waals surface area contributed by atoms with Crippen LogP contribution in [-0.2, 0) is 16.4 Å². The summed E-state index contributed by atoms with van der Waals surface area (Å²) in [5.41, 5.74) is 0.713. The Morgan fingerprint density at radius 2 is 1.82 bits per heavy atom. The number of piperidine rings is 1. The van der Waals surface area contributed by atoms with E-state index in [1.54, 1.807) is 28.6 Å². The zero-order chi connectivity index (χ0) is 19.6. The van der Waals surface area contributed by atoms with E-state index in [1.165, 1.54) is 0 Å². The zero-order valence-corrected chi connectivity index (χ0v) is 18.4. The first kappa shape index (κ1) is 22.8. The Labute approximate surface area is 173 Å². The van der Waals surface area contributed by atoms with E-state index in [0.717, 1.165) is 6.42 Å². The van der Waals surface area contributed by atoms with Crippen LogP contribution >= 0.6 is 12.4 Å². The zero-order valence-electron chi connectivity index (χ0n) is 16.8. The molecule has 0 spiro atoms. The van der Waals surface area contributed by atoms with Gasteiger partial charge in [0.15, 0.2) is 5.82 Å². The largest absolute Gasteiger partial charge is 0.334 e. The SMILES string of the molecule is CNC(C)Cc1noc(-c2ccc(S(=O)(=O)N3CC(C)CC(C)C3)cc2)n1.Cl. The van der Waals surface area contributed by atoms with E-state index in [2.05, 4.69) is 29.3 Å². The summed E-state index contributed by atoms with van der Waals surface area (Å²) in [6, 6.07) is 6.94. The summed E-state index contributed by atoms with van der Waals surface area (Å²) in [4.78, 5) is 4.69. The third kappa shape index (κ3) is 5.11. The molecule has 0 bridgehead atoms. The van der Waals surface area contributed by atoms with Crippen molar-refractivity contribution in [1.82, 2.24) is 19.8 Å². The number of sulfonamides is 1. The normalized spacial score (nSPS) is 21.9. The summed E-state index contributed by atoms with van der Waals surface area (Å²) in [6.45, 7) is 7.39. The fourth-order valence-electron chi connectivity index (χ4n) is 3.55. The highest BCUT2D eigenvalue weighted by Crippen LogP contribution is 2.28. The van der Waals surface area contributed by atoms with Gasteiger partial charge < -0.3 is 9.84 Å². The van der Waals surface area contributed by atoms with Crippen LogP contribution in [-0.4, -0.2) is 49.0 Å². The Morgan fingerprint density at radius 3 is 2.39 bits per heavy atom. The molecule has 2 heterocycles. The van der Waals surface area contributed by atoms with Crippen molar-refractivity contribution in [3.8, 4) is 11.5 Å². The van der Waals surface area contributed by atoms with E-state index in [1.807, 2.05) is 14.0 Å². The molecule has 0 amide bonds. The fraction of sp³-hybridized carbons (Fsp3) is 0.579. The lowest BCUT2D eigenvalue weighted by molar-refractivity contribution is 0.222. The molecule has 1 fully saturated rings. The van der Waals surface area contributed by atoms with Gasteiger partial charge in [-0.1, -0.05) is 19.0 Å². The number of nitrogens with one attached hydrogen (secondary N) is 1. The molecule has 0 radical (unpaired) electrons. The minimum absolute atomic E-state index is 0. The summed E-state index contributed by atoms with van der Waals surface area (Å²) < 4.78 is 32.8. The van der Waals surface area contributed by atoms with Crippen molar-refractivity contribution < 1.29 is 12.9 Å². The smallest absolute Gasteiger partial charge is 0.257 e. The van der Waals surface area contributed by atoms with E-state index in [4.69, 9.17) is 4.52 Å². The summed E-state index contributed by atoms with van der Waals surface area (Å²) in [5.74, 6) is 1.77. The molecule has 3 unspecified atom stereocenters. The van der Waals surface area contributed by atoms with Crippen molar-refractivity contribution in [2.75, 3.05) is 20.1 Å². The van der Waals surface area contributed by atoms with Crippen LogP contribution < -0.4 is 5.32 Å². The quantitative estimate of drug-likeness (QED) is 0.760. The Kier molecular flexibility index (Phi) is 7.61. The molecular formula is C19H29ClN4O3S. The lowest BCUT2D eigenvalue weighted by Gasteiger charge is -2.34. The molecule has 3 rings (SSSR count). The monoisotopic (exact) mass is 428 g/mol. The maximum atomic E-state index is 13.0. The minimum atomic E-state index is -3.48. The van der Waals surface area contributed by atoms with Crippen LogP contribution in [0.2, 0.25) is 0 Å². The standard InChI is InChI=1S/C19H28N4O3S.ClH/c1-13-9-14(2)12-23(11-13)27(24,25)17-7-5-16(6-8-17)19-21-18(22-26-19)10-15(3)20-4;/h5-8,13-15,20H,9-12H2,1-4H3;1H. The van der Waals surface area contributed by atoms with Gasteiger partial charge in [-0.05, 0) is 56.5 Å². The van der Waals surface area contributed by atoms with Gasteiger partial charge in [0.2, 0.25) is 10.0 Å². The molecule has 1 aromatic heterocycles. The van der Waals surface area contributed by atoms with Gasteiger partial charge in [-0.3, -0.25) is 0 Å². The Hall–Kier alpha value is -1.48. The van der Waals surface area contributed by atoms with Crippen molar-refractivity contribution in [1.29, 1.82) is 0 Å². The van der Waals surface area contributed by atoms with Crippen molar-refractivity contribution in [2.24, 2.45) is 11.8 Å². The summed E-state index contributed by atoms with van der Waals surface area (Å²) >= 11 is 0. The van der Waals surface area contributed by atoms with Crippen LogP contribution in [0.3, 0.4) is 0 Å². The minimum Gasteiger partial charge on any atom is -0.334 e. The van der Waals surface area contributed by atoms with Crippen LogP contribution in [0.1, 0.15) is 33.0 Å². The van der Waals surface area contributed by atoms with Crippen molar-refractivity contribution in [2.45, 2.75) is 44.6 Å². The van der Waals surface area contributed by atoms with Gasteiger partial charge in [0.05, 0.1) is 4.90 Å². The van der Waals surface area contributed by atoms with Crippen LogP contribution in [0.15, 0.2) is 33.7 Å². The van der Waals surface area contributed by atoms with Crippen LogP contribution in [0.4, 0.5) is 0 Å². The maximum Gasteiger partial charge on any atom is 0.257 e. The average molecular weight is 429 g/mol. The number of halogens is 1. The van der Waals surface area contributed by atoms with Gasteiger partial charge in [0.25, 0.3) is 5.89 Å². The molecule has 7 nitrogen and oxygen atoms in total. The molecule has 1 aliphatic heterocycles. The Balaban J connectivity index is 0.00000280. The van der Waals surface area contributed by atoms with Gasteiger partial charge in [-0.25, -0.2) is 8.42 Å². The van der Waals surface area contributed by atoms with Gasteiger partial charge >= 0.3 is 0 Å². The van der Waals surface area contributed by atoms with Crippen molar-refractivity contribution in [3.63, 3.8) is 0 Å². The van der Waals surface area contributed by atoms with Crippen molar-refractivity contribution in [3.05, 3.63) is 30.1 Å². The van der Waals surface area contributed by atoms with E-state index in [-0.39, 0.29) is 18.4 Å². The third-order valence-electron chi connectivity index (χ3n) is 5.02. The molecule has 0 saturated carbocycles. The van der Waals surface area contributed by atoms with E-state index in [0.29, 0.717) is 53.5 Å². The number of rotatable bonds is 6. The fourth-order valence-corrected chi connectivity index (χ4v) is 5.23. The lowest BCUT2D eigenvalue weighted by atomic mass is 9.94. The summed E-state index contributed by atoms with van der Waals surface area (Å²) in [7, 11) is -1.60. The second-order valence-corrected chi connectivity index (χ2v) is 9.64. The number of aromatic nitrogens is 2. The highest BCUT2D eigenvalue weighted by atomic mass is 35.5. The molecular weight excluding hydrogens is 400 g/mol. The predicted molar refractivity (Wildman–Crippen MR) is 111 cm³/mol. The summed E-state index contributed by atoms with van der Waals surface area (Å²) in [5, 5.41) is 7.12. The lowest BCUT2D eigenvalue weighted by Crippen LogP contribution is -2.42. The molecule has 28 heavy (non-hydrogen) atoms. The molecule has 1 N–H and O–H groups in total. The number of benzene rings is 1. The van der Waals surface area contributed by atoms with Gasteiger partial charge in [-0.15, -0.1) is 12.4 Å². The second-order valence-electron chi connectivity index (χ2n) is 7.70. The predicted octanol–water partition coefficient (Wildman–Crippen LogP) is 2.98. The van der Waals surface area contributed by atoms with Crippen LogP contribution in [0.25, 0.3) is 11.5 Å². The highest BCUT2D eigenvalue weighted by Gasteiger charge is 2.31. The Morgan fingerprint density at radius 1 is 1.21 bits per heavy atom. The second kappa shape index (κ2) is 9.35. The summed E-state index contributed by atoms with van der Waals surface area (Å²) in [6.07, 6.45) is 1.73. The first-order valence-corrected chi connectivity index (χ1v) is 10.8. The third-order valence-corrected chi connectivity index (χ3v) is 6.87. The molecule has 3 atom stereocenters. The van der Waals surface area contributed by atoms with E-state index < -0.39 is 10.0 Å². The van der Waals surface area contributed by atoms with Gasteiger partial charge in [0, 0.05) is 31.1 Å². The maximum absolute atomic E-state index is 13.0. The van der Waals surface area contributed by atoms with Crippen LogP contribution in [0.5, 0.6) is 0 Å². The Bertz CT molecular complexity index is 860. The molecule has 2 aromatic rings. The molecule has 1 saturated heterocycles. The highest BCUT2D eigenvalue weighted by molar-refractivity contribution is 7.89. The number of likely N-dealkylation sites (N-methyl/N-ethyl adjacent to an activating group) is 1. The van der Waals surface area contributed by atoms with E-state index >= 15 is 0 Å². The molecule has 1 aromatic carbocycles. The first-order valence-electron chi connectivity index (χ1n) is 9.40. The molecule has 0 aliphatic carbocycles. The number of hydrogen-bond acceptors (Lipinski definition) is 6. The number of hydrogen-bond donors (Lipinski definition) is 1. The average Bonchev–Trinajstić information content (AvgIpc) is 3.09. The molecule has 1 aliphatic rings. The van der Waals surface area contributed by atoms with Gasteiger partial charge in [0.1, 0.15) is 0 Å². The van der Waals surface area contributed by atoms with Crippen molar-refractivity contribution >= 4 is 22.4 Å². The first-order chi connectivity index (χ1) is 12.8. The van der Waals surface area contributed by atoms with Gasteiger partial charge in [-0.2, -0.15) is 9.29 Å². The van der Waals surface area contributed by atoms with Crippen LogP contribution in [0, 0.1) is 11.8 Å². The van der Waals surface area contributed by atoms with E-state index in [9.17, 15) is 8.42 Å². The molecule has 9 heteroatoms. The molecule has 156 valence electrons.